The number of esters is 1. The highest BCUT2D eigenvalue weighted by atomic mass is 16.5. The second-order valence-corrected chi connectivity index (χ2v) is 7.14. The number of rotatable bonds is 5. The molecule has 1 aromatic rings. The summed E-state index contributed by atoms with van der Waals surface area (Å²) in [5.74, 6) is -0.362. The fourth-order valence-corrected chi connectivity index (χ4v) is 3.81. The third-order valence-electron chi connectivity index (χ3n) is 5.13. The van der Waals surface area contributed by atoms with Crippen molar-refractivity contribution in [3.05, 3.63) is 46.2 Å². The Balaban J connectivity index is 2.05. The van der Waals surface area contributed by atoms with Crippen LogP contribution >= 0.6 is 0 Å². The number of urea groups is 1. The van der Waals surface area contributed by atoms with Crippen LogP contribution in [0.3, 0.4) is 0 Å². The van der Waals surface area contributed by atoms with Gasteiger partial charge in [0.1, 0.15) is 6.54 Å². The number of benzene rings is 1. The third-order valence-corrected chi connectivity index (χ3v) is 5.13. The SMILES string of the molecule is CCOC(=O)C1=C(C[NH+]2CCCC2)NC(=O)N[C@@H]1c1cc(C)ccc1C. The lowest BCUT2D eigenvalue weighted by Crippen LogP contribution is -3.10. The molecule has 2 amide bonds. The van der Waals surface area contributed by atoms with Gasteiger partial charge in [0.15, 0.2) is 0 Å². The van der Waals surface area contributed by atoms with Gasteiger partial charge in [0.05, 0.1) is 37.0 Å². The van der Waals surface area contributed by atoms with E-state index in [2.05, 4.69) is 10.6 Å². The maximum absolute atomic E-state index is 12.8. The number of carbonyl (C=O) groups is 2. The first-order valence-corrected chi connectivity index (χ1v) is 9.38. The van der Waals surface area contributed by atoms with Gasteiger partial charge in [0, 0.05) is 12.8 Å². The van der Waals surface area contributed by atoms with Crippen LogP contribution in [0.1, 0.15) is 42.5 Å². The van der Waals surface area contributed by atoms with Crippen LogP contribution in [0.4, 0.5) is 4.79 Å². The van der Waals surface area contributed by atoms with Gasteiger partial charge in [-0.3, -0.25) is 0 Å². The molecule has 0 spiro atoms. The van der Waals surface area contributed by atoms with Crippen LogP contribution in [-0.4, -0.2) is 38.2 Å². The Labute approximate surface area is 154 Å². The van der Waals surface area contributed by atoms with E-state index in [4.69, 9.17) is 4.74 Å². The van der Waals surface area contributed by atoms with Crippen LogP contribution in [0.15, 0.2) is 29.5 Å². The van der Waals surface area contributed by atoms with Gasteiger partial charge in [0.25, 0.3) is 0 Å². The molecule has 2 heterocycles. The van der Waals surface area contributed by atoms with Gasteiger partial charge in [0.2, 0.25) is 0 Å². The molecule has 1 atom stereocenters. The summed E-state index contributed by atoms with van der Waals surface area (Å²) >= 11 is 0. The minimum Gasteiger partial charge on any atom is -0.463 e. The predicted octanol–water partition coefficient (Wildman–Crippen LogP) is 1.15. The quantitative estimate of drug-likeness (QED) is 0.692. The molecule has 140 valence electrons. The van der Waals surface area contributed by atoms with Crippen molar-refractivity contribution in [3.63, 3.8) is 0 Å². The Bertz CT molecular complexity index is 736. The Morgan fingerprint density at radius 2 is 2.00 bits per heavy atom. The molecule has 26 heavy (non-hydrogen) atoms. The minimum atomic E-state index is -0.486. The average Bonchev–Trinajstić information content (AvgIpc) is 3.09. The monoisotopic (exact) mass is 358 g/mol. The van der Waals surface area contributed by atoms with E-state index in [0.717, 1.165) is 29.8 Å². The fraction of sp³-hybridized carbons (Fsp3) is 0.500. The number of hydrogen-bond donors (Lipinski definition) is 3. The number of carbonyl (C=O) groups excluding carboxylic acids is 2. The number of nitrogens with one attached hydrogen (secondary N) is 3. The van der Waals surface area contributed by atoms with Crippen molar-refractivity contribution >= 4 is 12.0 Å². The van der Waals surface area contributed by atoms with Crippen LogP contribution in [0.25, 0.3) is 0 Å². The number of quaternary nitrogens is 1. The molecule has 0 bridgehead atoms. The summed E-state index contributed by atoms with van der Waals surface area (Å²) in [5, 5.41) is 5.80. The summed E-state index contributed by atoms with van der Waals surface area (Å²) in [4.78, 5) is 26.5. The Morgan fingerprint density at radius 1 is 1.27 bits per heavy atom. The van der Waals surface area contributed by atoms with Crippen molar-refractivity contribution in [2.45, 2.75) is 39.7 Å². The van der Waals surface area contributed by atoms with Gasteiger partial charge in [-0.15, -0.1) is 0 Å². The Kier molecular flexibility index (Phi) is 5.61. The zero-order chi connectivity index (χ0) is 18.7. The summed E-state index contributed by atoms with van der Waals surface area (Å²) in [6.45, 7) is 8.88. The molecule has 1 aromatic carbocycles. The zero-order valence-electron chi connectivity index (χ0n) is 15.8. The normalized spacial score (nSPS) is 20.7. The third kappa shape index (κ3) is 3.90. The standard InChI is InChI=1S/C20H27N3O3/c1-4-26-19(24)17-16(12-23-9-5-6-10-23)21-20(25)22-18(17)15-11-13(2)7-8-14(15)3/h7-8,11,18H,4-6,9-10,12H2,1-3H3,(H2,21,22,25)/p+1/t18-/m1/s1. The molecule has 1 fully saturated rings. The van der Waals surface area contributed by atoms with Gasteiger partial charge >= 0.3 is 12.0 Å². The van der Waals surface area contributed by atoms with E-state index in [1.54, 1.807) is 6.92 Å². The highest BCUT2D eigenvalue weighted by Crippen LogP contribution is 2.30. The summed E-state index contributed by atoms with van der Waals surface area (Å²) in [7, 11) is 0. The van der Waals surface area contributed by atoms with Crippen LogP contribution in [0, 0.1) is 13.8 Å². The number of hydrogen-bond acceptors (Lipinski definition) is 3. The Hall–Kier alpha value is -2.34. The fourth-order valence-electron chi connectivity index (χ4n) is 3.81. The molecule has 2 aliphatic heterocycles. The van der Waals surface area contributed by atoms with E-state index < -0.39 is 6.04 Å². The van der Waals surface area contributed by atoms with E-state index in [9.17, 15) is 9.59 Å². The Morgan fingerprint density at radius 3 is 2.69 bits per heavy atom. The lowest BCUT2D eigenvalue weighted by molar-refractivity contribution is -0.882. The first kappa shape index (κ1) is 18.5. The molecule has 3 rings (SSSR count). The number of amides is 2. The molecule has 0 saturated carbocycles. The number of likely N-dealkylation sites (tertiary alicyclic amines) is 1. The van der Waals surface area contributed by atoms with Crippen LogP contribution < -0.4 is 15.5 Å². The van der Waals surface area contributed by atoms with Gasteiger partial charge in [-0.2, -0.15) is 0 Å². The molecule has 6 heteroatoms. The van der Waals surface area contributed by atoms with Crippen LogP contribution in [0.2, 0.25) is 0 Å². The van der Waals surface area contributed by atoms with E-state index in [1.807, 2.05) is 32.0 Å². The molecular weight excluding hydrogens is 330 g/mol. The number of aryl methyl sites for hydroxylation is 2. The lowest BCUT2D eigenvalue weighted by Gasteiger charge is -2.31. The van der Waals surface area contributed by atoms with Crippen molar-refractivity contribution in [2.75, 3.05) is 26.2 Å². The molecule has 3 N–H and O–H groups in total. The summed E-state index contributed by atoms with van der Waals surface area (Å²) in [6, 6.07) is 5.33. The van der Waals surface area contributed by atoms with Crippen LogP contribution in [-0.2, 0) is 9.53 Å². The van der Waals surface area contributed by atoms with Crippen molar-refractivity contribution in [2.24, 2.45) is 0 Å². The molecule has 1 saturated heterocycles. The maximum Gasteiger partial charge on any atom is 0.338 e. The molecule has 0 aromatic heterocycles. The highest BCUT2D eigenvalue weighted by Gasteiger charge is 2.36. The average molecular weight is 358 g/mol. The molecule has 6 nitrogen and oxygen atoms in total. The van der Waals surface area contributed by atoms with Crippen molar-refractivity contribution in [3.8, 4) is 0 Å². The summed E-state index contributed by atoms with van der Waals surface area (Å²) in [6.07, 6.45) is 2.37. The zero-order valence-corrected chi connectivity index (χ0v) is 15.8. The van der Waals surface area contributed by atoms with E-state index in [1.165, 1.54) is 17.7 Å². The van der Waals surface area contributed by atoms with E-state index in [-0.39, 0.29) is 12.0 Å². The second-order valence-electron chi connectivity index (χ2n) is 7.14. The first-order valence-electron chi connectivity index (χ1n) is 9.38. The van der Waals surface area contributed by atoms with Gasteiger partial charge < -0.3 is 20.3 Å². The van der Waals surface area contributed by atoms with E-state index >= 15 is 0 Å². The van der Waals surface area contributed by atoms with Crippen molar-refractivity contribution in [1.82, 2.24) is 10.6 Å². The largest absolute Gasteiger partial charge is 0.463 e. The van der Waals surface area contributed by atoms with Crippen LogP contribution in [0.5, 0.6) is 0 Å². The van der Waals surface area contributed by atoms with E-state index in [0.29, 0.717) is 24.4 Å². The molecular formula is C20H28N3O3+. The molecule has 0 aliphatic carbocycles. The molecule has 2 aliphatic rings. The van der Waals surface area contributed by atoms with Gasteiger partial charge in [-0.25, -0.2) is 9.59 Å². The van der Waals surface area contributed by atoms with Gasteiger partial charge in [-0.05, 0) is 31.9 Å². The van der Waals surface area contributed by atoms with Gasteiger partial charge in [-0.1, -0.05) is 23.8 Å². The van der Waals surface area contributed by atoms with Crippen molar-refractivity contribution < 1.29 is 19.2 Å². The second kappa shape index (κ2) is 7.91. The smallest absolute Gasteiger partial charge is 0.338 e. The predicted molar refractivity (Wildman–Crippen MR) is 98.8 cm³/mol. The minimum absolute atomic E-state index is 0.266. The lowest BCUT2D eigenvalue weighted by atomic mass is 9.91. The molecule has 0 unspecified atom stereocenters. The maximum atomic E-state index is 12.8. The topological polar surface area (TPSA) is 71.9 Å². The number of ether oxygens (including phenoxy) is 1. The molecule has 0 radical (unpaired) electrons. The summed E-state index contributed by atoms with van der Waals surface area (Å²) in [5.41, 5.74) is 4.29. The summed E-state index contributed by atoms with van der Waals surface area (Å²) < 4.78 is 5.34. The highest BCUT2D eigenvalue weighted by molar-refractivity contribution is 5.95. The van der Waals surface area contributed by atoms with Crippen molar-refractivity contribution in [1.29, 1.82) is 0 Å². The first-order chi connectivity index (χ1) is 12.5.